The highest BCUT2D eigenvalue weighted by molar-refractivity contribution is 5.11. The molecule has 2 fully saturated rings. The summed E-state index contributed by atoms with van der Waals surface area (Å²) >= 11 is 0. The fourth-order valence-electron chi connectivity index (χ4n) is 3.43. The molecular weight excluding hydrogens is 241 g/mol. The molecule has 0 saturated heterocycles. The second kappa shape index (κ2) is 4.73. The molecule has 5 heteroatoms. The lowest BCUT2D eigenvalue weighted by atomic mass is 9.67. The van der Waals surface area contributed by atoms with Crippen molar-refractivity contribution in [2.45, 2.75) is 63.1 Å². The first kappa shape index (κ1) is 13.7. The van der Waals surface area contributed by atoms with E-state index < -0.39 is 18.3 Å². The number of nitrogens with one attached hydrogen (secondary N) is 1. The summed E-state index contributed by atoms with van der Waals surface area (Å²) in [4.78, 5) is 0. The van der Waals surface area contributed by atoms with Crippen molar-refractivity contribution < 1.29 is 13.2 Å². The summed E-state index contributed by atoms with van der Waals surface area (Å²) in [7, 11) is 0. The highest BCUT2D eigenvalue weighted by Gasteiger charge is 2.45. The van der Waals surface area contributed by atoms with Crippen LogP contribution in [-0.4, -0.2) is 18.3 Å². The molecule has 0 heterocycles. The zero-order valence-corrected chi connectivity index (χ0v) is 10.4. The molecule has 2 saturated carbocycles. The maximum atomic E-state index is 12.2. The molecule has 0 aromatic heterocycles. The van der Waals surface area contributed by atoms with Gasteiger partial charge in [-0.2, -0.15) is 18.4 Å². The standard InChI is InChI=1S/C13H19F3N2/c14-13(15,16)10-18-12(9-17)7-5-11(6-8-12)3-1-2-4-11/h18H,1-8,10H2. The van der Waals surface area contributed by atoms with Crippen molar-refractivity contribution in [1.29, 1.82) is 5.26 Å². The SMILES string of the molecule is N#CC1(NCC(F)(F)F)CCC2(CCCC2)CC1. The summed E-state index contributed by atoms with van der Waals surface area (Å²) in [6, 6.07) is 2.09. The lowest BCUT2D eigenvalue weighted by Gasteiger charge is -2.42. The van der Waals surface area contributed by atoms with Crippen LogP contribution in [-0.2, 0) is 0 Å². The van der Waals surface area contributed by atoms with E-state index in [4.69, 9.17) is 0 Å². The summed E-state index contributed by atoms with van der Waals surface area (Å²) in [5.41, 5.74) is -0.621. The molecule has 1 N–H and O–H groups in total. The Hall–Kier alpha value is -0.760. The van der Waals surface area contributed by atoms with Crippen LogP contribution in [0.4, 0.5) is 13.2 Å². The average molecular weight is 260 g/mol. The molecule has 0 amide bonds. The molecule has 102 valence electrons. The minimum Gasteiger partial charge on any atom is -0.291 e. The van der Waals surface area contributed by atoms with Crippen LogP contribution in [0.5, 0.6) is 0 Å². The van der Waals surface area contributed by atoms with Gasteiger partial charge in [-0.15, -0.1) is 0 Å². The molecule has 18 heavy (non-hydrogen) atoms. The van der Waals surface area contributed by atoms with Crippen LogP contribution in [0.3, 0.4) is 0 Å². The van der Waals surface area contributed by atoms with Crippen LogP contribution in [0.2, 0.25) is 0 Å². The van der Waals surface area contributed by atoms with Crippen LogP contribution >= 0.6 is 0 Å². The largest absolute Gasteiger partial charge is 0.401 e. The Morgan fingerprint density at radius 3 is 2.00 bits per heavy atom. The summed E-state index contributed by atoms with van der Waals surface area (Å²) in [6.45, 7) is -1.06. The van der Waals surface area contributed by atoms with E-state index in [1.165, 1.54) is 25.7 Å². The molecule has 0 atom stereocenters. The lowest BCUT2D eigenvalue weighted by molar-refractivity contribution is -0.128. The second-order valence-corrected chi connectivity index (χ2v) is 5.87. The van der Waals surface area contributed by atoms with Gasteiger partial charge in [0.1, 0.15) is 5.54 Å². The van der Waals surface area contributed by atoms with Gasteiger partial charge in [-0.1, -0.05) is 12.8 Å². The molecule has 0 aromatic rings. The third kappa shape index (κ3) is 2.97. The Bertz CT molecular complexity index is 327. The smallest absolute Gasteiger partial charge is 0.291 e. The van der Waals surface area contributed by atoms with Crippen LogP contribution < -0.4 is 5.32 Å². The first-order valence-corrected chi connectivity index (χ1v) is 6.62. The number of hydrogen-bond donors (Lipinski definition) is 1. The number of nitrogens with zero attached hydrogens (tertiary/aromatic N) is 1. The van der Waals surface area contributed by atoms with Gasteiger partial charge in [-0.25, -0.2) is 0 Å². The van der Waals surface area contributed by atoms with Gasteiger partial charge in [0, 0.05) is 0 Å². The average Bonchev–Trinajstić information content (AvgIpc) is 2.77. The number of halogens is 3. The van der Waals surface area contributed by atoms with Gasteiger partial charge >= 0.3 is 6.18 Å². The number of alkyl halides is 3. The van der Waals surface area contributed by atoms with E-state index in [1.54, 1.807) is 0 Å². The van der Waals surface area contributed by atoms with E-state index in [0.29, 0.717) is 18.3 Å². The quantitative estimate of drug-likeness (QED) is 0.824. The maximum absolute atomic E-state index is 12.2. The molecule has 1 spiro atoms. The van der Waals surface area contributed by atoms with E-state index in [1.807, 2.05) is 0 Å². The van der Waals surface area contributed by atoms with E-state index in [0.717, 1.165) is 12.8 Å². The van der Waals surface area contributed by atoms with E-state index in [-0.39, 0.29) is 0 Å². The van der Waals surface area contributed by atoms with Crippen molar-refractivity contribution in [3.8, 4) is 6.07 Å². The number of hydrogen-bond acceptors (Lipinski definition) is 2. The van der Waals surface area contributed by atoms with Gasteiger partial charge < -0.3 is 0 Å². The Kier molecular flexibility index (Phi) is 3.59. The number of nitriles is 1. The van der Waals surface area contributed by atoms with Crippen LogP contribution in [0.25, 0.3) is 0 Å². The normalized spacial score (nSPS) is 26.1. The molecule has 0 aliphatic heterocycles. The fraction of sp³-hybridized carbons (Fsp3) is 0.923. The monoisotopic (exact) mass is 260 g/mol. The van der Waals surface area contributed by atoms with E-state index >= 15 is 0 Å². The minimum atomic E-state index is -4.24. The van der Waals surface area contributed by atoms with Crippen LogP contribution in [0, 0.1) is 16.7 Å². The second-order valence-electron chi connectivity index (χ2n) is 5.87. The summed E-state index contributed by atoms with van der Waals surface area (Å²) in [5.74, 6) is 0. The Balaban J connectivity index is 1.93. The predicted molar refractivity (Wildman–Crippen MR) is 61.8 cm³/mol. The molecule has 0 bridgehead atoms. The molecule has 0 unspecified atom stereocenters. The zero-order chi connectivity index (χ0) is 13.3. The molecule has 0 aromatic carbocycles. The summed E-state index contributed by atoms with van der Waals surface area (Å²) in [5, 5.41) is 11.6. The van der Waals surface area contributed by atoms with Gasteiger partial charge in [-0.3, -0.25) is 5.32 Å². The minimum absolute atomic E-state index is 0.334. The Morgan fingerprint density at radius 1 is 1.00 bits per heavy atom. The topological polar surface area (TPSA) is 35.8 Å². The Labute approximate surface area is 106 Å². The van der Waals surface area contributed by atoms with Crippen LogP contribution in [0.1, 0.15) is 51.4 Å². The highest BCUT2D eigenvalue weighted by Crippen LogP contribution is 2.51. The van der Waals surface area contributed by atoms with Gasteiger partial charge in [0.2, 0.25) is 0 Å². The Morgan fingerprint density at radius 2 is 1.56 bits per heavy atom. The first-order chi connectivity index (χ1) is 8.39. The maximum Gasteiger partial charge on any atom is 0.401 e. The first-order valence-electron chi connectivity index (χ1n) is 6.62. The molecule has 2 aliphatic carbocycles. The zero-order valence-electron chi connectivity index (χ0n) is 10.4. The third-order valence-corrected chi connectivity index (χ3v) is 4.67. The van der Waals surface area contributed by atoms with Gasteiger partial charge in [-0.05, 0) is 43.9 Å². The van der Waals surface area contributed by atoms with Crippen molar-refractivity contribution in [3.63, 3.8) is 0 Å². The molecule has 2 rings (SSSR count). The lowest BCUT2D eigenvalue weighted by Crippen LogP contribution is -2.51. The van der Waals surface area contributed by atoms with E-state index in [2.05, 4.69) is 11.4 Å². The van der Waals surface area contributed by atoms with Crippen molar-refractivity contribution in [2.75, 3.05) is 6.54 Å². The fourth-order valence-corrected chi connectivity index (χ4v) is 3.43. The van der Waals surface area contributed by atoms with Gasteiger partial charge in [0.25, 0.3) is 0 Å². The summed E-state index contributed by atoms with van der Waals surface area (Å²) < 4.78 is 36.7. The predicted octanol–water partition coefficient (Wildman–Crippen LogP) is 3.54. The highest BCUT2D eigenvalue weighted by atomic mass is 19.4. The van der Waals surface area contributed by atoms with Crippen molar-refractivity contribution >= 4 is 0 Å². The van der Waals surface area contributed by atoms with Crippen molar-refractivity contribution in [3.05, 3.63) is 0 Å². The van der Waals surface area contributed by atoms with E-state index in [9.17, 15) is 18.4 Å². The van der Waals surface area contributed by atoms with Gasteiger partial charge in [0.15, 0.2) is 0 Å². The van der Waals surface area contributed by atoms with Gasteiger partial charge in [0.05, 0.1) is 12.6 Å². The van der Waals surface area contributed by atoms with Crippen molar-refractivity contribution in [2.24, 2.45) is 5.41 Å². The molecule has 2 nitrogen and oxygen atoms in total. The van der Waals surface area contributed by atoms with Crippen LogP contribution in [0.15, 0.2) is 0 Å². The number of rotatable bonds is 2. The van der Waals surface area contributed by atoms with Crippen molar-refractivity contribution in [1.82, 2.24) is 5.32 Å². The molecular formula is C13H19F3N2. The third-order valence-electron chi connectivity index (χ3n) is 4.67. The summed E-state index contributed by atoms with van der Waals surface area (Å²) in [6.07, 6.45) is 3.50. The molecule has 0 radical (unpaired) electrons. The molecule has 2 aliphatic rings.